The third-order valence-electron chi connectivity index (χ3n) is 2.41. The average Bonchev–Trinajstić information content (AvgIpc) is 2.34. The van der Waals surface area contributed by atoms with Crippen molar-refractivity contribution in [1.82, 2.24) is 0 Å². The lowest BCUT2D eigenvalue weighted by molar-refractivity contribution is 0.00697. The highest BCUT2D eigenvalue weighted by Crippen LogP contribution is 2.30. The Hall–Kier alpha value is -1.08. The molecular formula is C15H18Cl2O5S. The molecule has 0 heterocycles. The molecule has 0 saturated carbocycles. The molecule has 23 heavy (non-hydrogen) atoms. The fraction of sp³-hybridized carbons (Fsp3) is 0.400. The Kier molecular flexibility index (Phi) is 6.65. The third-order valence-corrected chi connectivity index (χ3v) is 3.71. The van der Waals surface area contributed by atoms with Crippen LogP contribution in [0.4, 0.5) is 0 Å². The molecule has 0 N–H and O–H groups in total. The second kappa shape index (κ2) is 7.66. The van der Waals surface area contributed by atoms with Gasteiger partial charge in [-0.3, -0.25) is 4.18 Å². The van der Waals surface area contributed by atoms with Gasteiger partial charge in [0.15, 0.2) is 0 Å². The highest BCUT2D eigenvalue weighted by Gasteiger charge is 2.21. The van der Waals surface area contributed by atoms with Gasteiger partial charge in [-0.2, -0.15) is 8.42 Å². The number of hydrogen-bond donors (Lipinski definition) is 0. The van der Waals surface area contributed by atoms with Crippen LogP contribution < -0.4 is 0 Å². The molecule has 1 rings (SSSR count). The number of carbonyl (C=O) groups excluding carboxylic acids is 1. The highest BCUT2D eigenvalue weighted by molar-refractivity contribution is 7.85. The van der Waals surface area contributed by atoms with Crippen molar-refractivity contribution >= 4 is 45.4 Å². The molecule has 0 fully saturated rings. The van der Waals surface area contributed by atoms with Crippen LogP contribution in [-0.4, -0.2) is 32.9 Å². The average molecular weight is 381 g/mol. The Morgan fingerprint density at radius 1 is 1.26 bits per heavy atom. The normalized spacial score (nSPS) is 12.6. The molecule has 0 amide bonds. The van der Waals surface area contributed by atoms with Gasteiger partial charge < -0.3 is 4.74 Å². The van der Waals surface area contributed by atoms with Crippen LogP contribution >= 0.6 is 23.2 Å². The smallest absolute Gasteiger partial charge is 0.340 e. The van der Waals surface area contributed by atoms with Crippen molar-refractivity contribution in [3.8, 4) is 0 Å². The molecule has 1 aromatic carbocycles. The summed E-state index contributed by atoms with van der Waals surface area (Å²) < 4.78 is 31.6. The molecule has 0 saturated heterocycles. The molecule has 0 bridgehead atoms. The zero-order valence-corrected chi connectivity index (χ0v) is 15.6. The van der Waals surface area contributed by atoms with Gasteiger partial charge >= 0.3 is 5.97 Å². The SMILES string of the molecule is CC(C)(C)OC(=O)c1ccc(Cl)c(/C=C/COS(C)(=O)=O)c1Cl. The number of hydrogen-bond acceptors (Lipinski definition) is 5. The van der Waals surface area contributed by atoms with E-state index in [9.17, 15) is 13.2 Å². The minimum absolute atomic E-state index is 0.127. The van der Waals surface area contributed by atoms with Crippen LogP contribution in [0.1, 0.15) is 36.7 Å². The van der Waals surface area contributed by atoms with E-state index in [2.05, 4.69) is 4.18 Å². The second-order valence-electron chi connectivity index (χ2n) is 5.72. The van der Waals surface area contributed by atoms with Crippen molar-refractivity contribution in [3.05, 3.63) is 39.4 Å². The van der Waals surface area contributed by atoms with Crippen molar-refractivity contribution in [2.45, 2.75) is 26.4 Å². The van der Waals surface area contributed by atoms with Crippen molar-refractivity contribution in [2.75, 3.05) is 12.9 Å². The van der Waals surface area contributed by atoms with Gasteiger partial charge in [0.25, 0.3) is 10.1 Å². The predicted octanol–water partition coefficient (Wildman–Crippen LogP) is 3.94. The summed E-state index contributed by atoms with van der Waals surface area (Å²) in [4.78, 5) is 12.1. The first-order valence-electron chi connectivity index (χ1n) is 6.63. The molecule has 5 nitrogen and oxygen atoms in total. The van der Waals surface area contributed by atoms with Gasteiger partial charge in [0.1, 0.15) is 5.60 Å². The van der Waals surface area contributed by atoms with E-state index in [1.807, 2.05) is 0 Å². The first-order valence-corrected chi connectivity index (χ1v) is 9.20. The Labute approximate surface area is 146 Å². The van der Waals surface area contributed by atoms with Crippen LogP contribution in [0, 0.1) is 0 Å². The lowest BCUT2D eigenvalue weighted by Crippen LogP contribution is -2.24. The molecular weight excluding hydrogens is 363 g/mol. The number of carbonyl (C=O) groups is 1. The lowest BCUT2D eigenvalue weighted by atomic mass is 10.1. The maximum atomic E-state index is 12.1. The molecule has 0 unspecified atom stereocenters. The van der Waals surface area contributed by atoms with Crippen molar-refractivity contribution < 1.29 is 22.1 Å². The van der Waals surface area contributed by atoms with Gasteiger partial charge in [-0.1, -0.05) is 35.4 Å². The van der Waals surface area contributed by atoms with Crippen LogP contribution in [0.5, 0.6) is 0 Å². The van der Waals surface area contributed by atoms with E-state index >= 15 is 0 Å². The lowest BCUT2D eigenvalue weighted by Gasteiger charge is -2.20. The minimum atomic E-state index is -3.53. The van der Waals surface area contributed by atoms with E-state index in [0.717, 1.165) is 6.26 Å². The van der Waals surface area contributed by atoms with Gasteiger partial charge in [-0.15, -0.1) is 0 Å². The van der Waals surface area contributed by atoms with Crippen LogP contribution in [0.3, 0.4) is 0 Å². The Balaban J connectivity index is 3.03. The van der Waals surface area contributed by atoms with E-state index in [4.69, 9.17) is 27.9 Å². The standard InChI is InChI=1S/C15H18Cl2O5S/c1-15(2,3)22-14(18)11-7-8-12(16)10(13(11)17)6-5-9-21-23(4,19)20/h5-8H,9H2,1-4H3/b6-5+. The van der Waals surface area contributed by atoms with Crippen molar-refractivity contribution in [2.24, 2.45) is 0 Å². The van der Waals surface area contributed by atoms with Gasteiger partial charge in [-0.25, -0.2) is 4.79 Å². The molecule has 0 radical (unpaired) electrons. The molecule has 0 aliphatic heterocycles. The quantitative estimate of drug-likeness (QED) is 0.571. The topological polar surface area (TPSA) is 69.7 Å². The van der Waals surface area contributed by atoms with E-state index in [1.54, 1.807) is 20.8 Å². The first kappa shape index (κ1) is 20.0. The minimum Gasteiger partial charge on any atom is -0.456 e. The summed E-state index contributed by atoms with van der Waals surface area (Å²) >= 11 is 12.3. The van der Waals surface area contributed by atoms with E-state index < -0.39 is 21.7 Å². The molecule has 1 aromatic rings. The molecule has 0 aromatic heterocycles. The van der Waals surface area contributed by atoms with Crippen LogP contribution in [0.15, 0.2) is 18.2 Å². The maximum Gasteiger partial charge on any atom is 0.340 e. The van der Waals surface area contributed by atoms with Crippen molar-refractivity contribution in [1.29, 1.82) is 0 Å². The summed E-state index contributed by atoms with van der Waals surface area (Å²) in [6.07, 6.45) is 3.88. The van der Waals surface area contributed by atoms with Gasteiger partial charge in [0, 0.05) is 10.6 Å². The van der Waals surface area contributed by atoms with E-state index in [1.165, 1.54) is 24.3 Å². The molecule has 0 aliphatic rings. The molecule has 0 atom stereocenters. The fourth-order valence-electron chi connectivity index (χ4n) is 1.54. The van der Waals surface area contributed by atoms with Crippen molar-refractivity contribution in [3.63, 3.8) is 0 Å². The summed E-state index contributed by atoms with van der Waals surface area (Å²) in [5.41, 5.74) is -0.0946. The number of ether oxygens (including phenoxy) is 1. The highest BCUT2D eigenvalue weighted by atomic mass is 35.5. The van der Waals surface area contributed by atoms with Gasteiger partial charge in [0.2, 0.25) is 0 Å². The van der Waals surface area contributed by atoms with Crippen LogP contribution in [-0.2, 0) is 19.0 Å². The van der Waals surface area contributed by atoms with Gasteiger partial charge in [-0.05, 0) is 32.9 Å². The summed E-state index contributed by atoms with van der Waals surface area (Å²) in [6, 6.07) is 2.99. The zero-order valence-electron chi connectivity index (χ0n) is 13.2. The Morgan fingerprint density at radius 2 is 1.87 bits per heavy atom. The number of rotatable bonds is 5. The summed E-state index contributed by atoms with van der Waals surface area (Å²) in [6.45, 7) is 5.08. The monoisotopic (exact) mass is 380 g/mol. The molecule has 8 heteroatoms. The zero-order chi connectivity index (χ0) is 17.8. The number of esters is 1. The van der Waals surface area contributed by atoms with E-state index in [0.29, 0.717) is 10.6 Å². The van der Waals surface area contributed by atoms with Crippen LogP contribution in [0.2, 0.25) is 10.0 Å². The number of benzene rings is 1. The number of halogens is 2. The molecule has 128 valence electrons. The summed E-state index contributed by atoms with van der Waals surface area (Å²) in [5, 5.41) is 0.445. The maximum absolute atomic E-state index is 12.1. The van der Waals surface area contributed by atoms with Gasteiger partial charge in [0.05, 0.1) is 23.4 Å². The molecule has 0 aliphatic carbocycles. The largest absolute Gasteiger partial charge is 0.456 e. The van der Waals surface area contributed by atoms with E-state index in [-0.39, 0.29) is 17.2 Å². The summed E-state index contributed by atoms with van der Waals surface area (Å²) in [7, 11) is -3.53. The van der Waals surface area contributed by atoms with Crippen LogP contribution in [0.25, 0.3) is 6.08 Å². The molecule has 0 spiro atoms. The Morgan fingerprint density at radius 3 is 2.39 bits per heavy atom. The summed E-state index contributed by atoms with van der Waals surface area (Å²) in [5.74, 6) is -0.568. The fourth-order valence-corrected chi connectivity index (χ4v) is 2.44. The Bertz CT molecular complexity index is 718. The third kappa shape index (κ3) is 6.91. The first-order chi connectivity index (χ1) is 10.4. The predicted molar refractivity (Wildman–Crippen MR) is 91.5 cm³/mol. The second-order valence-corrected chi connectivity index (χ2v) is 8.14.